The van der Waals surface area contributed by atoms with Crippen LogP contribution in [-0.4, -0.2) is 20.7 Å². The van der Waals surface area contributed by atoms with E-state index < -0.39 is 0 Å². The zero-order valence-corrected chi connectivity index (χ0v) is 12.3. The summed E-state index contributed by atoms with van der Waals surface area (Å²) in [6.45, 7) is 7.32. The fourth-order valence-electron chi connectivity index (χ4n) is 2.44. The highest BCUT2D eigenvalue weighted by atomic mass is 16.5. The fraction of sp³-hybridized carbons (Fsp3) is 0.600. The molecular formula is C15H26N2O. The third-order valence-corrected chi connectivity index (χ3v) is 3.55. The maximum atomic E-state index is 6.32. The number of benzene rings is 1. The van der Waals surface area contributed by atoms with E-state index in [1.807, 2.05) is 7.05 Å². The van der Waals surface area contributed by atoms with Gasteiger partial charge in [0.2, 0.25) is 0 Å². The highest BCUT2D eigenvalue weighted by Crippen LogP contribution is 2.34. The highest BCUT2D eigenvalue weighted by Gasteiger charge is 2.17. The van der Waals surface area contributed by atoms with Gasteiger partial charge in [0.05, 0.1) is 7.11 Å². The summed E-state index contributed by atoms with van der Waals surface area (Å²) in [5, 5.41) is 3.15. The number of hydrogen-bond acceptors (Lipinski definition) is 3. The van der Waals surface area contributed by atoms with Crippen molar-refractivity contribution >= 4 is 0 Å². The lowest BCUT2D eigenvalue weighted by atomic mass is 9.92. The Kier molecular flexibility index (Phi) is 5.63. The van der Waals surface area contributed by atoms with E-state index >= 15 is 0 Å². The maximum Gasteiger partial charge on any atom is 0.127 e. The predicted octanol–water partition coefficient (Wildman–Crippen LogP) is 2.62. The lowest BCUT2D eigenvalue weighted by molar-refractivity contribution is 0.399. The molecule has 0 bridgehead atoms. The number of methoxy groups -OCH3 is 1. The van der Waals surface area contributed by atoms with Gasteiger partial charge in [0, 0.05) is 11.6 Å². The molecule has 3 nitrogen and oxygen atoms in total. The molecule has 0 spiro atoms. The molecule has 0 heterocycles. The van der Waals surface area contributed by atoms with Crippen molar-refractivity contribution in [2.45, 2.75) is 39.7 Å². The molecule has 1 unspecified atom stereocenters. The van der Waals surface area contributed by atoms with Crippen LogP contribution in [0.4, 0.5) is 0 Å². The summed E-state index contributed by atoms with van der Waals surface area (Å²) in [6, 6.07) is 2.25. The summed E-state index contributed by atoms with van der Waals surface area (Å²) in [5.74, 6) is 0.962. The average molecular weight is 250 g/mol. The van der Waals surface area contributed by atoms with Crippen LogP contribution in [0, 0.1) is 20.8 Å². The Morgan fingerprint density at radius 3 is 2.50 bits per heavy atom. The summed E-state index contributed by atoms with van der Waals surface area (Å²) < 4.78 is 5.57. The van der Waals surface area contributed by atoms with Crippen molar-refractivity contribution in [3.05, 3.63) is 28.3 Å². The molecule has 0 radical (unpaired) electrons. The third-order valence-electron chi connectivity index (χ3n) is 3.55. The van der Waals surface area contributed by atoms with Gasteiger partial charge < -0.3 is 15.8 Å². The normalized spacial score (nSPS) is 12.6. The first-order valence-corrected chi connectivity index (χ1v) is 6.57. The molecule has 0 aromatic heterocycles. The molecule has 1 aromatic carbocycles. The number of rotatable bonds is 6. The van der Waals surface area contributed by atoms with Gasteiger partial charge in [-0.3, -0.25) is 0 Å². The maximum absolute atomic E-state index is 6.32. The van der Waals surface area contributed by atoms with Crippen LogP contribution in [0.15, 0.2) is 6.07 Å². The molecule has 0 saturated carbocycles. The molecule has 3 N–H and O–H groups in total. The summed E-state index contributed by atoms with van der Waals surface area (Å²) in [4.78, 5) is 0. The van der Waals surface area contributed by atoms with Crippen molar-refractivity contribution in [1.29, 1.82) is 0 Å². The van der Waals surface area contributed by atoms with Crippen molar-refractivity contribution in [2.24, 2.45) is 5.73 Å². The Balaban J connectivity index is 3.03. The van der Waals surface area contributed by atoms with Gasteiger partial charge in [0.15, 0.2) is 0 Å². The first-order valence-electron chi connectivity index (χ1n) is 6.57. The Morgan fingerprint density at radius 1 is 1.28 bits per heavy atom. The van der Waals surface area contributed by atoms with E-state index in [1.165, 1.54) is 16.7 Å². The molecule has 1 atom stereocenters. The van der Waals surface area contributed by atoms with Gasteiger partial charge in [-0.25, -0.2) is 0 Å². The summed E-state index contributed by atoms with van der Waals surface area (Å²) >= 11 is 0. The lowest BCUT2D eigenvalue weighted by Gasteiger charge is -2.21. The molecule has 18 heavy (non-hydrogen) atoms. The molecule has 1 rings (SSSR count). The summed E-state index contributed by atoms with van der Waals surface area (Å²) in [6.07, 6.45) is 2.05. The van der Waals surface area contributed by atoms with E-state index in [4.69, 9.17) is 10.5 Å². The van der Waals surface area contributed by atoms with E-state index in [2.05, 4.69) is 32.2 Å². The first-order chi connectivity index (χ1) is 8.52. The van der Waals surface area contributed by atoms with Crippen LogP contribution >= 0.6 is 0 Å². The molecule has 3 heteroatoms. The highest BCUT2D eigenvalue weighted by molar-refractivity contribution is 5.51. The van der Waals surface area contributed by atoms with Gasteiger partial charge in [-0.2, -0.15) is 0 Å². The monoisotopic (exact) mass is 250 g/mol. The predicted molar refractivity (Wildman–Crippen MR) is 77.3 cm³/mol. The Hall–Kier alpha value is -1.06. The van der Waals surface area contributed by atoms with Crippen LogP contribution in [0.3, 0.4) is 0 Å². The van der Waals surface area contributed by atoms with Crippen LogP contribution in [0.1, 0.15) is 41.1 Å². The zero-order chi connectivity index (χ0) is 13.7. The van der Waals surface area contributed by atoms with E-state index in [-0.39, 0.29) is 6.04 Å². The first kappa shape index (κ1) is 15.0. The van der Waals surface area contributed by atoms with E-state index in [1.54, 1.807) is 7.11 Å². The number of nitrogens with one attached hydrogen (secondary N) is 1. The minimum absolute atomic E-state index is 0.0487. The molecule has 0 amide bonds. The molecule has 0 fully saturated rings. The SMILES string of the molecule is CNCCCC(N)c1c(C)cc(C)c(C)c1OC. The Morgan fingerprint density at radius 2 is 1.94 bits per heavy atom. The third kappa shape index (κ3) is 3.24. The quantitative estimate of drug-likeness (QED) is 0.763. The minimum Gasteiger partial charge on any atom is -0.496 e. The minimum atomic E-state index is 0.0487. The van der Waals surface area contributed by atoms with E-state index in [0.717, 1.165) is 30.7 Å². The summed E-state index contributed by atoms with van der Waals surface area (Å²) in [7, 11) is 3.69. The second-order valence-electron chi connectivity index (χ2n) is 4.93. The van der Waals surface area contributed by atoms with Crippen molar-refractivity contribution in [2.75, 3.05) is 20.7 Å². The molecule has 0 saturated heterocycles. The number of ether oxygens (including phenoxy) is 1. The fourth-order valence-corrected chi connectivity index (χ4v) is 2.44. The van der Waals surface area contributed by atoms with Crippen LogP contribution in [0.2, 0.25) is 0 Å². The Bertz CT molecular complexity index is 402. The van der Waals surface area contributed by atoms with Crippen molar-refractivity contribution in [3.8, 4) is 5.75 Å². The molecule has 0 aliphatic heterocycles. The van der Waals surface area contributed by atoms with Gasteiger partial charge in [0.1, 0.15) is 5.75 Å². The zero-order valence-electron chi connectivity index (χ0n) is 12.3. The van der Waals surface area contributed by atoms with Crippen LogP contribution in [0.5, 0.6) is 5.75 Å². The number of hydrogen-bond donors (Lipinski definition) is 2. The number of nitrogens with two attached hydrogens (primary N) is 1. The standard InChI is InChI=1S/C15H26N2O/c1-10-9-11(2)14(15(18-5)12(10)3)13(16)7-6-8-17-4/h9,13,17H,6-8,16H2,1-5H3. The van der Waals surface area contributed by atoms with Crippen molar-refractivity contribution in [3.63, 3.8) is 0 Å². The van der Waals surface area contributed by atoms with Gasteiger partial charge in [-0.15, -0.1) is 0 Å². The lowest BCUT2D eigenvalue weighted by Crippen LogP contribution is -2.17. The van der Waals surface area contributed by atoms with E-state index in [0.29, 0.717) is 0 Å². The van der Waals surface area contributed by atoms with Gasteiger partial charge >= 0.3 is 0 Å². The van der Waals surface area contributed by atoms with Gasteiger partial charge in [-0.05, 0) is 63.9 Å². The average Bonchev–Trinajstić information content (AvgIpc) is 2.33. The molecule has 0 aliphatic carbocycles. The van der Waals surface area contributed by atoms with Crippen molar-refractivity contribution in [1.82, 2.24) is 5.32 Å². The second-order valence-corrected chi connectivity index (χ2v) is 4.93. The molecular weight excluding hydrogens is 224 g/mol. The largest absolute Gasteiger partial charge is 0.496 e. The van der Waals surface area contributed by atoms with Crippen LogP contribution < -0.4 is 15.8 Å². The second kappa shape index (κ2) is 6.76. The Labute approximate surface area is 111 Å². The number of aryl methyl sites for hydroxylation is 2. The smallest absolute Gasteiger partial charge is 0.127 e. The van der Waals surface area contributed by atoms with Crippen molar-refractivity contribution < 1.29 is 4.74 Å². The topological polar surface area (TPSA) is 47.3 Å². The van der Waals surface area contributed by atoms with Crippen LogP contribution in [-0.2, 0) is 0 Å². The molecule has 102 valence electrons. The molecule has 1 aromatic rings. The van der Waals surface area contributed by atoms with Gasteiger partial charge in [-0.1, -0.05) is 6.07 Å². The van der Waals surface area contributed by atoms with Crippen LogP contribution in [0.25, 0.3) is 0 Å². The van der Waals surface area contributed by atoms with E-state index in [9.17, 15) is 0 Å². The van der Waals surface area contributed by atoms with Gasteiger partial charge in [0.25, 0.3) is 0 Å². The molecule has 0 aliphatic rings. The summed E-state index contributed by atoms with van der Waals surface area (Å²) in [5.41, 5.74) is 11.2.